The molecule has 1 aromatic rings. The van der Waals surface area contributed by atoms with Crippen molar-refractivity contribution in [3.8, 4) is 0 Å². The Morgan fingerprint density at radius 1 is 1.50 bits per heavy atom. The summed E-state index contributed by atoms with van der Waals surface area (Å²) in [5.41, 5.74) is 4.79. The number of hydrogen-bond acceptors (Lipinski definition) is 5. The normalized spacial score (nSPS) is 14.2. The molecule has 102 valence electrons. The third-order valence-corrected chi connectivity index (χ3v) is 3.41. The van der Waals surface area contributed by atoms with E-state index >= 15 is 0 Å². The van der Waals surface area contributed by atoms with Gasteiger partial charge in [0.15, 0.2) is 0 Å². The molecule has 0 aliphatic rings. The van der Waals surface area contributed by atoms with Crippen molar-refractivity contribution in [2.75, 3.05) is 23.1 Å². The van der Waals surface area contributed by atoms with E-state index < -0.39 is 22.0 Å². The van der Waals surface area contributed by atoms with Crippen molar-refractivity contribution in [3.63, 3.8) is 0 Å². The average molecular weight is 274 g/mol. The summed E-state index contributed by atoms with van der Waals surface area (Å²) in [4.78, 5) is 25.1. The van der Waals surface area contributed by atoms with E-state index in [-0.39, 0.29) is 17.5 Å². The van der Waals surface area contributed by atoms with Gasteiger partial charge in [-0.25, -0.2) is 4.79 Å². The number of aromatic amines is 1. The summed E-state index contributed by atoms with van der Waals surface area (Å²) in [6.45, 7) is 1.86. The monoisotopic (exact) mass is 274 g/mol. The van der Waals surface area contributed by atoms with Gasteiger partial charge in [0.1, 0.15) is 11.5 Å². The SMILES string of the molecule is CC(CCS(C)=O)Nc1c(N)n(C)c(=O)[nH]c1=O. The Morgan fingerprint density at radius 3 is 2.67 bits per heavy atom. The standard InChI is InChI=1S/C10H18N4O3S/c1-6(4-5-18(3)17)12-7-8(11)14(2)10(16)13-9(7)15/h6,12H,4-5,11H2,1-3H3,(H,13,15,16). The molecule has 2 atom stereocenters. The fourth-order valence-electron chi connectivity index (χ4n) is 1.44. The van der Waals surface area contributed by atoms with Crippen molar-refractivity contribution >= 4 is 22.3 Å². The predicted octanol–water partition coefficient (Wildman–Crippen LogP) is -0.775. The Bertz CT molecular complexity index is 563. The van der Waals surface area contributed by atoms with Crippen LogP contribution in [0.25, 0.3) is 0 Å². The zero-order valence-electron chi connectivity index (χ0n) is 10.6. The smallest absolute Gasteiger partial charge is 0.329 e. The lowest BCUT2D eigenvalue weighted by Crippen LogP contribution is -2.34. The molecule has 0 bridgehead atoms. The lowest BCUT2D eigenvalue weighted by atomic mass is 10.2. The van der Waals surface area contributed by atoms with Gasteiger partial charge in [-0.2, -0.15) is 0 Å². The molecule has 1 heterocycles. The second-order valence-electron chi connectivity index (χ2n) is 4.19. The van der Waals surface area contributed by atoms with E-state index in [1.54, 1.807) is 6.26 Å². The number of hydrogen-bond donors (Lipinski definition) is 3. The lowest BCUT2D eigenvalue weighted by molar-refractivity contribution is 0.678. The third-order valence-electron chi connectivity index (χ3n) is 2.60. The molecule has 0 saturated carbocycles. The van der Waals surface area contributed by atoms with Crippen LogP contribution in [0.4, 0.5) is 11.5 Å². The zero-order valence-corrected chi connectivity index (χ0v) is 11.5. The van der Waals surface area contributed by atoms with Crippen LogP contribution >= 0.6 is 0 Å². The van der Waals surface area contributed by atoms with Gasteiger partial charge in [0.25, 0.3) is 5.56 Å². The quantitative estimate of drug-likeness (QED) is 0.653. The molecule has 0 amide bonds. The van der Waals surface area contributed by atoms with Gasteiger partial charge in [-0.3, -0.25) is 18.6 Å². The minimum atomic E-state index is -0.875. The number of rotatable bonds is 5. The second-order valence-corrected chi connectivity index (χ2v) is 5.74. The predicted molar refractivity (Wildman–Crippen MR) is 73.4 cm³/mol. The molecule has 1 rings (SSSR count). The summed E-state index contributed by atoms with van der Waals surface area (Å²) >= 11 is 0. The van der Waals surface area contributed by atoms with Crippen LogP contribution in [-0.4, -0.2) is 31.8 Å². The van der Waals surface area contributed by atoms with Gasteiger partial charge < -0.3 is 11.1 Å². The van der Waals surface area contributed by atoms with E-state index in [0.717, 1.165) is 4.57 Å². The molecule has 2 unspecified atom stereocenters. The molecular formula is C10H18N4O3S. The minimum absolute atomic E-state index is 0.0604. The Labute approximate surface area is 107 Å². The molecule has 0 aliphatic heterocycles. The van der Waals surface area contributed by atoms with Crippen LogP contribution in [0.2, 0.25) is 0 Å². The third kappa shape index (κ3) is 3.46. The van der Waals surface area contributed by atoms with Crippen molar-refractivity contribution in [3.05, 3.63) is 20.8 Å². The molecule has 0 spiro atoms. The highest BCUT2D eigenvalue weighted by molar-refractivity contribution is 7.84. The van der Waals surface area contributed by atoms with Crippen LogP contribution in [0, 0.1) is 0 Å². The van der Waals surface area contributed by atoms with Gasteiger partial charge in [0.2, 0.25) is 0 Å². The zero-order chi connectivity index (χ0) is 13.9. The Morgan fingerprint density at radius 2 is 2.11 bits per heavy atom. The van der Waals surface area contributed by atoms with Gasteiger partial charge >= 0.3 is 5.69 Å². The molecule has 0 fully saturated rings. The van der Waals surface area contributed by atoms with Crippen LogP contribution in [0.1, 0.15) is 13.3 Å². The summed E-state index contributed by atoms with van der Waals surface area (Å²) in [7, 11) is 0.601. The minimum Gasteiger partial charge on any atom is -0.383 e. The number of nitrogens with zero attached hydrogens (tertiary/aromatic N) is 1. The molecule has 0 radical (unpaired) electrons. The van der Waals surface area contributed by atoms with Gasteiger partial charge in [0, 0.05) is 35.9 Å². The summed E-state index contributed by atoms with van der Waals surface area (Å²) in [5, 5.41) is 2.94. The van der Waals surface area contributed by atoms with E-state index in [0.29, 0.717) is 12.2 Å². The molecule has 0 aromatic carbocycles. The first-order chi connectivity index (χ1) is 8.32. The van der Waals surface area contributed by atoms with Gasteiger partial charge in [0.05, 0.1) is 0 Å². The Kier molecular flexibility index (Phi) is 4.71. The second kappa shape index (κ2) is 5.85. The molecule has 1 aromatic heterocycles. The van der Waals surface area contributed by atoms with Crippen LogP contribution in [0.15, 0.2) is 9.59 Å². The molecule has 0 aliphatic carbocycles. The van der Waals surface area contributed by atoms with Crippen LogP contribution < -0.4 is 22.3 Å². The van der Waals surface area contributed by atoms with Crippen LogP contribution in [0.3, 0.4) is 0 Å². The molecule has 7 nitrogen and oxygen atoms in total. The van der Waals surface area contributed by atoms with Crippen molar-refractivity contribution in [2.24, 2.45) is 7.05 Å². The molecule has 0 saturated heterocycles. The molecule has 8 heteroatoms. The highest BCUT2D eigenvalue weighted by atomic mass is 32.2. The number of anilines is 2. The van der Waals surface area contributed by atoms with Crippen molar-refractivity contribution in [2.45, 2.75) is 19.4 Å². The lowest BCUT2D eigenvalue weighted by Gasteiger charge is -2.16. The molecular weight excluding hydrogens is 256 g/mol. The van der Waals surface area contributed by atoms with E-state index in [1.165, 1.54) is 7.05 Å². The van der Waals surface area contributed by atoms with Gasteiger partial charge in [-0.05, 0) is 13.3 Å². The first-order valence-electron chi connectivity index (χ1n) is 5.48. The summed E-state index contributed by atoms with van der Waals surface area (Å²) < 4.78 is 12.1. The highest BCUT2D eigenvalue weighted by Crippen LogP contribution is 2.11. The summed E-state index contributed by atoms with van der Waals surface area (Å²) in [5.74, 6) is 0.630. The highest BCUT2D eigenvalue weighted by Gasteiger charge is 2.12. The number of nitrogens with one attached hydrogen (secondary N) is 2. The number of aromatic nitrogens is 2. The fourth-order valence-corrected chi connectivity index (χ4v) is 2.12. The van der Waals surface area contributed by atoms with E-state index in [2.05, 4.69) is 10.3 Å². The molecule has 4 N–H and O–H groups in total. The summed E-state index contributed by atoms with van der Waals surface area (Å²) in [6.07, 6.45) is 2.27. The van der Waals surface area contributed by atoms with Crippen molar-refractivity contribution in [1.82, 2.24) is 9.55 Å². The molecule has 18 heavy (non-hydrogen) atoms. The average Bonchev–Trinajstić information content (AvgIpc) is 2.29. The maximum absolute atomic E-state index is 11.6. The summed E-state index contributed by atoms with van der Waals surface area (Å²) in [6, 6.07) is -0.0604. The number of H-pyrrole nitrogens is 1. The Hall–Kier alpha value is -1.57. The fraction of sp³-hybridized carbons (Fsp3) is 0.600. The van der Waals surface area contributed by atoms with Crippen LogP contribution in [-0.2, 0) is 17.8 Å². The topological polar surface area (TPSA) is 110 Å². The van der Waals surface area contributed by atoms with Gasteiger partial charge in [-0.1, -0.05) is 0 Å². The Balaban J connectivity index is 2.91. The van der Waals surface area contributed by atoms with E-state index in [9.17, 15) is 13.8 Å². The largest absolute Gasteiger partial charge is 0.383 e. The maximum Gasteiger partial charge on any atom is 0.329 e. The first kappa shape index (κ1) is 14.5. The van der Waals surface area contributed by atoms with E-state index in [1.807, 2.05) is 6.92 Å². The van der Waals surface area contributed by atoms with Gasteiger partial charge in [-0.15, -0.1) is 0 Å². The number of nitrogens with two attached hydrogens (primary N) is 1. The maximum atomic E-state index is 11.6. The van der Waals surface area contributed by atoms with Crippen molar-refractivity contribution in [1.29, 1.82) is 0 Å². The van der Waals surface area contributed by atoms with E-state index in [4.69, 9.17) is 5.73 Å². The van der Waals surface area contributed by atoms with Crippen molar-refractivity contribution < 1.29 is 4.21 Å². The number of nitrogen functional groups attached to an aromatic ring is 1. The first-order valence-corrected chi connectivity index (χ1v) is 7.21. The van der Waals surface area contributed by atoms with Crippen LogP contribution in [0.5, 0.6) is 0 Å².